The van der Waals surface area contributed by atoms with Gasteiger partial charge in [-0.05, 0) is 38.2 Å². The maximum atomic E-state index is 8.97. The van der Waals surface area contributed by atoms with Crippen molar-refractivity contribution in [1.29, 1.82) is 0 Å². The number of hydrogen-bond acceptors (Lipinski definition) is 3. The number of nitrogens with one attached hydrogen (secondary N) is 1. The number of ether oxygens (including phenoxy) is 1. The second-order valence-corrected chi connectivity index (χ2v) is 4.05. The molecule has 1 aromatic rings. The molecule has 0 aliphatic carbocycles. The molecule has 0 amide bonds. The Morgan fingerprint density at radius 2 is 2.11 bits per heavy atom. The van der Waals surface area contributed by atoms with Gasteiger partial charge >= 0.3 is 0 Å². The van der Waals surface area contributed by atoms with E-state index in [0.29, 0.717) is 18.3 Å². The average Bonchev–Trinajstić information content (AvgIpc) is 2.38. The summed E-state index contributed by atoms with van der Waals surface area (Å²) in [6.07, 6.45) is 0. The van der Waals surface area contributed by atoms with Crippen LogP contribution in [0.4, 0.5) is 5.69 Å². The lowest BCUT2D eigenvalue weighted by Crippen LogP contribution is -2.36. The van der Waals surface area contributed by atoms with Gasteiger partial charge in [0.15, 0.2) is 5.11 Å². The van der Waals surface area contributed by atoms with Crippen molar-refractivity contribution in [1.82, 2.24) is 4.90 Å². The summed E-state index contributed by atoms with van der Waals surface area (Å²) in [5.74, 6) is 0.780. The molecule has 0 heterocycles. The molecule has 0 saturated carbocycles. The van der Waals surface area contributed by atoms with Crippen LogP contribution in [0.1, 0.15) is 13.8 Å². The van der Waals surface area contributed by atoms with Crippen LogP contribution in [-0.2, 0) is 0 Å². The van der Waals surface area contributed by atoms with E-state index in [9.17, 15) is 0 Å². The largest absolute Gasteiger partial charge is 0.492 e. The first-order chi connectivity index (χ1) is 8.72. The third kappa shape index (κ3) is 4.16. The molecule has 0 spiro atoms. The Bertz CT molecular complexity index is 385. The van der Waals surface area contributed by atoms with Gasteiger partial charge in [-0.1, -0.05) is 12.1 Å². The second kappa shape index (κ2) is 7.89. The minimum atomic E-state index is 0.0861. The lowest BCUT2D eigenvalue weighted by atomic mass is 10.3. The fraction of sp³-hybridized carbons (Fsp3) is 0.462. The number of benzene rings is 1. The smallest absolute Gasteiger partial charge is 0.173 e. The summed E-state index contributed by atoms with van der Waals surface area (Å²) in [6, 6.07) is 7.67. The van der Waals surface area contributed by atoms with Gasteiger partial charge in [0, 0.05) is 13.1 Å². The van der Waals surface area contributed by atoms with Crippen LogP contribution in [0, 0.1) is 0 Å². The monoisotopic (exact) mass is 268 g/mol. The molecular formula is C13H20N2O2S. The second-order valence-electron chi connectivity index (χ2n) is 3.66. The third-order valence-corrected chi connectivity index (χ3v) is 2.83. The van der Waals surface area contributed by atoms with Crippen molar-refractivity contribution in [3.05, 3.63) is 24.3 Å². The molecule has 100 valence electrons. The van der Waals surface area contributed by atoms with E-state index in [1.807, 2.05) is 43.0 Å². The molecule has 0 fully saturated rings. The fourth-order valence-corrected chi connectivity index (χ4v) is 1.90. The molecule has 0 bridgehead atoms. The molecule has 0 saturated heterocycles. The highest BCUT2D eigenvalue weighted by molar-refractivity contribution is 7.80. The Morgan fingerprint density at radius 1 is 1.39 bits per heavy atom. The number of para-hydroxylation sites is 2. The number of thiocarbonyl (C=S) groups is 1. The average molecular weight is 268 g/mol. The number of nitrogens with zero attached hydrogens (tertiary/aromatic N) is 1. The number of aliphatic hydroxyl groups excluding tert-OH is 1. The van der Waals surface area contributed by atoms with E-state index in [1.54, 1.807) is 0 Å². The SMILES string of the molecule is CCOc1ccccc1NC(=S)N(CC)CCO. The van der Waals surface area contributed by atoms with Crippen LogP contribution in [0.3, 0.4) is 0 Å². The lowest BCUT2D eigenvalue weighted by molar-refractivity contribution is 0.254. The highest BCUT2D eigenvalue weighted by atomic mass is 32.1. The molecule has 0 aromatic heterocycles. The summed E-state index contributed by atoms with van der Waals surface area (Å²) in [5.41, 5.74) is 0.848. The van der Waals surface area contributed by atoms with Crippen LogP contribution in [0.5, 0.6) is 5.75 Å². The first-order valence-electron chi connectivity index (χ1n) is 6.11. The standard InChI is InChI=1S/C13H20N2O2S/c1-3-15(9-10-16)13(18)14-11-7-5-6-8-12(11)17-4-2/h5-8,16H,3-4,9-10H2,1-2H3,(H,14,18). The molecule has 0 aliphatic rings. The molecule has 18 heavy (non-hydrogen) atoms. The van der Waals surface area contributed by atoms with E-state index in [4.69, 9.17) is 22.1 Å². The fourth-order valence-electron chi connectivity index (χ4n) is 1.57. The van der Waals surface area contributed by atoms with Crippen LogP contribution in [0.15, 0.2) is 24.3 Å². The predicted octanol–water partition coefficient (Wildman–Crippen LogP) is 2.10. The van der Waals surface area contributed by atoms with E-state index in [0.717, 1.165) is 18.0 Å². The molecule has 1 rings (SSSR count). The topological polar surface area (TPSA) is 44.7 Å². The molecule has 5 heteroatoms. The summed E-state index contributed by atoms with van der Waals surface area (Å²) >= 11 is 5.31. The highest BCUT2D eigenvalue weighted by Gasteiger charge is 2.09. The van der Waals surface area contributed by atoms with E-state index in [-0.39, 0.29) is 6.61 Å². The summed E-state index contributed by atoms with van der Waals surface area (Å²) in [6.45, 7) is 5.92. The lowest BCUT2D eigenvalue weighted by Gasteiger charge is -2.24. The Morgan fingerprint density at radius 3 is 2.72 bits per heavy atom. The zero-order chi connectivity index (χ0) is 13.4. The number of rotatable bonds is 6. The highest BCUT2D eigenvalue weighted by Crippen LogP contribution is 2.23. The molecule has 0 radical (unpaired) electrons. The van der Waals surface area contributed by atoms with Crippen molar-refractivity contribution in [3.8, 4) is 5.75 Å². The van der Waals surface area contributed by atoms with E-state index in [2.05, 4.69) is 5.32 Å². The van der Waals surface area contributed by atoms with Gasteiger partial charge in [0.2, 0.25) is 0 Å². The van der Waals surface area contributed by atoms with Crippen molar-refractivity contribution in [3.63, 3.8) is 0 Å². The first-order valence-corrected chi connectivity index (χ1v) is 6.52. The maximum absolute atomic E-state index is 8.97. The van der Waals surface area contributed by atoms with Crippen molar-refractivity contribution < 1.29 is 9.84 Å². The molecule has 0 atom stereocenters. The molecule has 1 aromatic carbocycles. The summed E-state index contributed by atoms with van der Waals surface area (Å²) in [5, 5.41) is 12.7. The number of likely N-dealkylation sites (N-methyl/N-ethyl adjacent to an activating group) is 1. The summed E-state index contributed by atoms with van der Waals surface area (Å²) < 4.78 is 5.52. The van der Waals surface area contributed by atoms with Crippen LogP contribution < -0.4 is 10.1 Å². The minimum Gasteiger partial charge on any atom is -0.492 e. The Hall–Kier alpha value is -1.33. The normalized spacial score (nSPS) is 9.94. The zero-order valence-corrected chi connectivity index (χ0v) is 11.7. The molecule has 0 aliphatic heterocycles. The van der Waals surface area contributed by atoms with Crippen LogP contribution in [-0.4, -0.2) is 41.4 Å². The quantitative estimate of drug-likeness (QED) is 0.774. The summed E-state index contributed by atoms with van der Waals surface area (Å²) in [4.78, 5) is 1.90. The number of aliphatic hydroxyl groups is 1. The van der Waals surface area contributed by atoms with Gasteiger partial charge in [0.1, 0.15) is 5.75 Å². The molecule has 0 unspecified atom stereocenters. The summed E-state index contributed by atoms with van der Waals surface area (Å²) in [7, 11) is 0. The van der Waals surface area contributed by atoms with Gasteiger partial charge in [0.05, 0.1) is 18.9 Å². The Balaban J connectivity index is 2.74. The van der Waals surface area contributed by atoms with Gasteiger partial charge in [-0.3, -0.25) is 0 Å². The zero-order valence-electron chi connectivity index (χ0n) is 10.8. The first kappa shape index (κ1) is 14.7. The maximum Gasteiger partial charge on any atom is 0.173 e. The van der Waals surface area contributed by atoms with Gasteiger partial charge < -0.3 is 20.1 Å². The predicted molar refractivity (Wildman–Crippen MR) is 78.2 cm³/mol. The Labute approximate surface area is 114 Å². The van der Waals surface area contributed by atoms with E-state index >= 15 is 0 Å². The van der Waals surface area contributed by atoms with Crippen molar-refractivity contribution >= 4 is 23.0 Å². The third-order valence-electron chi connectivity index (χ3n) is 2.47. The van der Waals surface area contributed by atoms with Crippen molar-refractivity contribution in [2.24, 2.45) is 0 Å². The molecule has 2 N–H and O–H groups in total. The van der Waals surface area contributed by atoms with Gasteiger partial charge in [-0.15, -0.1) is 0 Å². The Kier molecular flexibility index (Phi) is 6.46. The minimum absolute atomic E-state index is 0.0861. The van der Waals surface area contributed by atoms with Gasteiger partial charge in [-0.2, -0.15) is 0 Å². The number of hydrogen-bond donors (Lipinski definition) is 2. The van der Waals surface area contributed by atoms with E-state index < -0.39 is 0 Å². The molecule has 4 nitrogen and oxygen atoms in total. The van der Waals surface area contributed by atoms with Crippen LogP contribution in [0.25, 0.3) is 0 Å². The molecular weight excluding hydrogens is 248 g/mol. The van der Waals surface area contributed by atoms with Crippen molar-refractivity contribution in [2.75, 3.05) is 31.6 Å². The van der Waals surface area contributed by atoms with Gasteiger partial charge in [-0.25, -0.2) is 0 Å². The van der Waals surface area contributed by atoms with Crippen LogP contribution >= 0.6 is 12.2 Å². The van der Waals surface area contributed by atoms with E-state index in [1.165, 1.54) is 0 Å². The van der Waals surface area contributed by atoms with Crippen molar-refractivity contribution in [2.45, 2.75) is 13.8 Å². The van der Waals surface area contributed by atoms with Crippen LogP contribution in [0.2, 0.25) is 0 Å². The van der Waals surface area contributed by atoms with Gasteiger partial charge in [0.25, 0.3) is 0 Å². The number of anilines is 1.